The minimum absolute atomic E-state index is 0.152. The molecule has 32 heavy (non-hydrogen) atoms. The molecular weight excluding hydrogens is 432 g/mol. The van der Waals surface area contributed by atoms with E-state index in [-0.39, 0.29) is 35.0 Å². The summed E-state index contributed by atoms with van der Waals surface area (Å²) in [5.74, 6) is 0. The predicted molar refractivity (Wildman–Crippen MR) is 143 cm³/mol. The van der Waals surface area contributed by atoms with Gasteiger partial charge in [-0.2, -0.15) is 0 Å². The summed E-state index contributed by atoms with van der Waals surface area (Å²) < 4.78 is 24.8. The van der Waals surface area contributed by atoms with Crippen molar-refractivity contribution < 1.29 is 18.9 Å². The summed E-state index contributed by atoms with van der Waals surface area (Å²) in [4.78, 5) is 0. The zero-order valence-electron chi connectivity index (χ0n) is 22.9. The molecule has 0 heterocycles. The predicted octanol–water partition coefficient (Wildman–Crippen LogP) is 4.02. The first-order chi connectivity index (χ1) is 14.3. The normalized spacial score (nSPS) is 14.7. The highest BCUT2D eigenvalue weighted by atomic mass is 28.2. The number of hydrogen-bond donors (Lipinski definition) is 0. The van der Waals surface area contributed by atoms with Crippen LogP contribution in [0.3, 0.4) is 0 Å². The fourth-order valence-electron chi connectivity index (χ4n) is 3.30. The van der Waals surface area contributed by atoms with E-state index >= 15 is 0 Å². The topological polar surface area (TPSA) is 36.9 Å². The van der Waals surface area contributed by atoms with Gasteiger partial charge in [0, 0.05) is 0 Å². The fourth-order valence-corrected chi connectivity index (χ4v) is 6.05. The molecule has 0 saturated heterocycles. The second kappa shape index (κ2) is 11.8. The van der Waals surface area contributed by atoms with Gasteiger partial charge < -0.3 is 18.9 Å². The third-order valence-corrected chi connectivity index (χ3v) is 7.92. The van der Waals surface area contributed by atoms with E-state index in [4.69, 9.17) is 18.9 Å². The molecule has 1 aromatic rings. The van der Waals surface area contributed by atoms with Crippen molar-refractivity contribution in [3.8, 4) is 0 Å². The van der Waals surface area contributed by atoms with Crippen molar-refractivity contribution in [1.29, 1.82) is 0 Å². The lowest BCUT2D eigenvalue weighted by molar-refractivity contribution is -0.224. The van der Waals surface area contributed by atoms with Crippen molar-refractivity contribution in [2.75, 3.05) is 0 Å². The van der Waals surface area contributed by atoms with Gasteiger partial charge in [-0.3, -0.25) is 0 Å². The zero-order chi connectivity index (χ0) is 24.8. The highest BCUT2D eigenvalue weighted by molar-refractivity contribution is 6.55. The smallest absolute Gasteiger partial charge is 0.156 e. The third kappa shape index (κ3) is 15.4. The molecule has 0 amide bonds. The van der Waals surface area contributed by atoms with Crippen LogP contribution in [0.15, 0.2) is 24.3 Å². The standard InChI is InChI=1S/C26H50O4Si2/c1-23(2,3)27-21(28-24(4,5)6)17-31-19-13-15-20(16-14-19)32-18-22(29-25(7,8)9)30-26(10,11)12/h13-16,21-22H,17-18,31-32H2,1-12H3. The van der Waals surface area contributed by atoms with Crippen LogP contribution in [0.25, 0.3) is 0 Å². The molecule has 1 aromatic carbocycles. The summed E-state index contributed by atoms with van der Waals surface area (Å²) in [5.41, 5.74) is -0.831. The van der Waals surface area contributed by atoms with E-state index in [1.807, 2.05) is 0 Å². The molecule has 0 aliphatic heterocycles. The highest BCUT2D eigenvalue weighted by Crippen LogP contribution is 2.21. The maximum absolute atomic E-state index is 6.20. The van der Waals surface area contributed by atoms with E-state index in [1.165, 1.54) is 10.4 Å². The molecule has 0 spiro atoms. The van der Waals surface area contributed by atoms with Crippen LogP contribution in [-0.4, -0.2) is 54.0 Å². The number of ether oxygens (including phenoxy) is 4. The Morgan fingerprint density at radius 1 is 0.500 bits per heavy atom. The number of hydrogen-bond acceptors (Lipinski definition) is 4. The van der Waals surface area contributed by atoms with E-state index in [1.54, 1.807) is 0 Å². The van der Waals surface area contributed by atoms with Gasteiger partial charge in [-0.1, -0.05) is 34.6 Å². The largest absolute Gasteiger partial charge is 0.347 e. The van der Waals surface area contributed by atoms with Gasteiger partial charge in [0.2, 0.25) is 0 Å². The summed E-state index contributed by atoms with van der Waals surface area (Å²) in [6.07, 6.45) is -0.304. The van der Waals surface area contributed by atoms with Gasteiger partial charge in [0.05, 0.1) is 41.4 Å². The lowest BCUT2D eigenvalue weighted by Crippen LogP contribution is -2.37. The Bertz CT molecular complexity index is 571. The zero-order valence-corrected chi connectivity index (χ0v) is 25.8. The molecule has 0 fully saturated rings. The molecule has 0 atom stereocenters. The molecule has 0 unspecified atom stereocenters. The first-order valence-electron chi connectivity index (χ1n) is 12.1. The minimum atomic E-state index is -0.472. The molecule has 6 heteroatoms. The van der Waals surface area contributed by atoms with Crippen LogP contribution in [0, 0.1) is 0 Å². The average molecular weight is 483 g/mol. The molecule has 1 rings (SSSR count). The van der Waals surface area contributed by atoms with Crippen molar-refractivity contribution in [1.82, 2.24) is 0 Å². The summed E-state index contributed by atoms with van der Waals surface area (Å²) in [6, 6.07) is 11.2. The van der Waals surface area contributed by atoms with Crippen LogP contribution < -0.4 is 10.4 Å². The lowest BCUT2D eigenvalue weighted by Gasteiger charge is -2.33. The van der Waals surface area contributed by atoms with Crippen molar-refractivity contribution in [2.24, 2.45) is 0 Å². The Labute approximate surface area is 202 Å². The quantitative estimate of drug-likeness (QED) is 0.373. The van der Waals surface area contributed by atoms with Crippen LogP contribution in [0.1, 0.15) is 83.1 Å². The van der Waals surface area contributed by atoms with Gasteiger partial charge in [-0.05, 0) is 95.2 Å². The Kier molecular flexibility index (Phi) is 10.9. The van der Waals surface area contributed by atoms with Crippen molar-refractivity contribution in [2.45, 2.75) is 130 Å². The van der Waals surface area contributed by atoms with E-state index in [9.17, 15) is 0 Å². The van der Waals surface area contributed by atoms with Crippen molar-refractivity contribution in [3.05, 3.63) is 24.3 Å². The molecular formula is C26H50O4Si2. The van der Waals surface area contributed by atoms with Crippen LogP contribution in [0.2, 0.25) is 12.1 Å². The van der Waals surface area contributed by atoms with E-state index in [2.05, 4.69) is 107 Å². The Balaban J connectivity index is 2.68. The van der Waals surface area contributed by atoms with Gasteiger partial charge in [-0.15, -0.1) is 0 Å². The van der Waals surface area contributed by atoms with Crippen LogP contribution in [-0.2, 0) is 18.9 Å². The Hall–Kier alpha value is -0.506. The Morgan fingerprint density at radius 3 is 0.906 bits per heavy atom. The van der Waals surface area contributed by atoms with Crippen LogP contribution in [0.4, 0.5) is 0 Å². The molecule has 0 radical (unpaired) electrons. The monoisotopic (exact) mass is 482 g/mol. The maximum Gasteiger partial charge on any atom is 0.156 e. The van der Waals surface area contributed by atoms with E-state index in [0.717, 1.165) is 12.1 Å². The summed E-state index contributed by atoms with van der Waals surface area (Å²) >= 11 is 0. The third-order valence-electron chi connectivity index (χ3n) is 4.30. The Morgan fingerprint density at radius 2 is 0.719 bits per heavy atom. The highest BCUT2D eigenvalue weighted by Gasteiger charge is 2.25. The molecule has 186 valence electrons. The minimum Gasteiger partial charge on any atom is -0.347 e. The van der Waals surface area contributed by atoms with Gasteiger partial charge in [0.15, 0.2) is 12.6 Å². The second-order valence-electron chi connectivity index (χ2n) is 12.7. The van der Waals surface area contributed by atoms with Crippen LogP contribution >= 0.6 is 0 Å². The summed E-state index contributed by atoms with van der Waals surface area (Å²) in [7, 11) is -0.945. The van der Waals surface area contributed by atoms with Gasteiger partial charge in [-0.25, -0.2) is 0 Å². The average Bonchev–Trinajstić information content (AvgIpc) is 2.53. The van der Waals surface area contributed by atoms with E-state index < -0.39 is 19.0 Å². The summed E-state index contributed by atoms with van der Waals surface area (Å²) in [6.45, 7) is 25.1. The molecule has 0 N–H and O–H groups in total. The summed E-state index contributed by atoms with van der Waals surface area (Å²) in [5, 5.41) is 2.91. The first-order valence-corrected chi connectivity index (χ1v) is 15.5. The van der Waals surface area contributed by atoms with Gasteiger partial charge >= 0.3 is 0 Å². The second-order valence-corrected chi connectivity index (χ2v) is 16.5. The SMILES string of the molecule is CC(C)(C)OC(C[SiH2]c1ccc([SiH2]CC(OC(C)(C)C)OC(C)(C)C)cc1)OC(C)(C)C. The van der Waals surface area contributed by atoms with Crippen molar-refractivity contribution in [3.63, 3.8) is 0 Å². The molecule has 4 nitrogen and oxygen atoms in total. The van der Waals surface area contributed by atoms with Crippen molar-refractivity contribution >= 4 is 29.4 Å². The number of rotatable bonds is 10. The molecule has 0 saturated carbocycles. The molecule has 0 aliphatic rings. The fraction of sp³-hybridized carbons (Fsp3) is 0.769. The maximum atomic E-state index is 6.20. The molecule has 0 bridgehead atoms. The lowest BCUT2D eigenvalue weighted by atomic mass is 10.2. The van der Waals surface area contributed by atoms with Gasteiger partial charge in [0.25, 0.3) is 0 Å². The molecule has 0 aliphatic carbocycles. The number of benzene rings is 1. The van der Waals surface area contributed by atoms with Gasteiger partial charge in [0.1, 0.15) is 0 Å². The first kappa shape index (κ1) is 29.5. The van der Waals surface area contributed by atoms with Crippen LogP contribution in [0.5, 0.6) is 0 Å². The van der Waals surface area contributed by atoms with E-state index in [0.29, 0.717) is 0 Å². The molecule has 0 aromatic heterocycles.